The van der Waals surface area contributed by atoms with E-state index in [0.717, 1.165) is 76.5 Å². The normalized spacial score (nSPS) is 18.9. The number of hydrogen-bond donors (Lipinski definition) is 0. The molecule has 1 atom stereocenters. The van der Waals surface area contributed by atoms with Crippen LogP contribution in [0, 0.1) is 5.92 Å². The van der Waals surface area contributed by atoms with Gasteiger partial charge in [-0.1, -0.05) is 48.0 Å². The minimum absolute atomic E-state index is 0.0295. The number of hydrogen-bond acceptors (Lipinski definition) is 5. The average molecular weight is 545 g/mol. The minimum atomic E-state index is 0.0295. The lowest BCUT2D eigenvalue weighted by molar-refractivity contribution is -0.127. The Hall–Kier alpha value is -3.19. The summed E-state index contributed by atoms with van der Waals surface area (Å²) in [6, 6.07) is 20.2. The summed E-state index contributed by atoms with van der Waals surface area (Å²) in [4.78, 5) is 23.9. The maximum atomic E-state index is 12.7. The van der Waals surface area contributed by atoms with Crippen molar-refractivity contribution in [2.75, 3.05) is 45.9 Å². The second-order valence-electron chi connectivity index (χ2n) is 10.5. The molecular weight excluding hydrogens is 508 g/mol. The number of rotatable bonds is 9. The number of nitrogens with zero attached hydrogens (tertiary/aromatic N) is 4. The van der Waals surface area contributed by atoms with E-state index < -0.39 is 0 Å². The monoisotopic (exact) mass is 544 g/mol. The van der Waals surface area contributed by atoms with Gasteiger partial charge >= 0.3 is 0 Å². The van der Waals surface area contributed by atoms with Gasteiger partial charge in [-0.15, -0.1) is 0 Å². The molecule has 39 heavy (non-hydrogen) atoms. The number of aromatic nitrogens is 1. The SMILES string of the molecule is O=C(/C=C/c1ccccc1Cl)N1CCCC(COc2ccc(CN3CCN(Cc4cccnc4)CC3)cc2)C1. The van der Waals surface area contributed by atoms with Gasteiger partial charge in [0.1, 0.15) is 5.75 Å². The molecule has 0 saturated carbocycles. The van der Waals surface area contributed by atoms with Crippen molar-refractivity contribution in [3.05, 3.63) is 101 Å². The third kappa shape index (κ3) is 8.15. The molecule has 0 bridgehead atoms. The van der Waals surface area contributed by atoms with E-state index in [1.54, 1.807) is 12.2 Å². The van der Waals surface area contributed by atoms with Crippen LogP contribution in [0.1, 0.15) is 29.5 Å². The summed E-state index contributed by atoms with van der Waals surface area (Å²) in [5.74, 6) is 1.25. The molecule has 2 saturated heterocycles. The number of likely N-dealkylation sites (tertiary alicyclic amines) is 1. The summed E-state index contributed by atoms with van der Waals surface area (Å²) in [6.45, 7) is 8.36. The lowest BCUT2D eigenvalue weighted by atomic mass is 9.99. The summed E-state index contributed by atoms with van der Waals surface area (Å²) in [6.07, 6.45) is 9.28. The first-order chi connectivity index (χ1) is 19.1. The van der Waals surface area contributed by atoms with Gasteiger partial charge in [-0.05, 0) is 59.9 Å². The summed E-state index contributed by atoms with van der Waals surface area (Å²) >= 11 is 6.21. The number of carbonyl (C=O) groups is 1. The molecule has 2 aliphatic heterocycles. The topological polar surface area (TPSA) is 48.9 Å². The zero-order chi connectivity index (χ0) is 26.9. The van der Waals surface area contributed by atoms with Crippen LogP contribution in [0.25, 0.3) is 6.08 Å². The molecule has 0 radical (unpaired) electrons. The Morgan fingerprint density at radius 3 is 2.38 bits per heavy atom. The van der Waals surface area contributed by atoms with Gasteiger partial charge in [0.25, 0.3) is 0 Å². The molecule has 2 aliphatic rings. The maximum absolute atomic E-state index is 12.7. The van der Waals surface area contributed by atoms with Crippen LogP contribution >= 0.6 is 11.6 Å². The van der Waals surface area contributed by atoms with Crippen LogP contribution in [0.15, 0.2) is 79.1 Å². The fourth-order valence-corrected chi connectivity index (χ4v) is 5.50. The van der Waals surface area contributed by atoms with Crippen LogP contribution in [-0.2, 0) is 17.9 Å². The highest BCUT2D eigenvalue weighted by Gasteiger charge is 2.23. The predicted octanol–water partition coefficient (Wildman–Crippen LogP) is 5.38. The number of piperidine rings is 1. The van der Waals surface area contributed by atoms with E-state index in [2.05, 4.69) is 45.1 Å². The third-order valence-corrected chi connectivity index (χ3v) is 7.89. The van der Waals surface area contributed by atoms with Gasteiger partial charge < -0.3 is 9.64 Å². The van der Waals surface area contributed by atoms with E-state index in [0.29, 0.717) is 17.5 Å². The third-order valence-electron chi connectivity index (χ3n) is 7.55. The molecule has 5 rings (SSSR count). The predicted molar refractivity (Wildman–Crippen MR) is 157 cm³/mol. The Balaban J connectivity index is 1.03. The first kappa shape index (κ1) is 27.4. The summed E-state index contributed by atoms with van der Waals surface area (Å²) in [5.41, 5.74) is 3.44. The molecule has 3 heterocycles. The van der Waals surface area contributed by atoms with Crippen LogP contribution in [0.5, 0.6) is 5.75 Å². The van der Waals surface area contributed by atoms with Crippen LogP contribution in [0.3, 0.4) is 0 Å². The van der Waals surface area contributed by atoms with Gasteiger partial charge in [-0.25, -0.2) is 0 Å². The molecule has 7 heteroatoms. The molecule has 0 N–H and O–H groups in total. The minimum Gasteiger partial charge on any atom is -0.493 e. The Bertz CT molecular complexity index is 1230. The fraction of sp³-hybridized carbons (Fsp3) is 0.375. The highest BCUT2D eigenvalue weighted by atomic mass is 35.5. The zero-order valence-corrected chi connectivity index (χ0v) is 23.2. The maximum Gasteiger partial charge on any atom is 0.246 e. The van der Waals surface area contributed by atoms with Crippen molar-refractivity contribution in [3.63, 3.8) is 0 Å². The lowest BCUT2D eigenvalue weighted by Crippen LogP contribution is -2.45. The molecule has 6 nitrogen and oxygen atoms in total. The van der Waals surface area contributed by atoms with E-state index >= 15 is 0 Å². The molecular formula is C32H37ClN4O2. The Morgan fingerprint density at radius 2 is 1.67 bits per heavy atom. The Labute approximate surface area is 236 Å². The second kappa shape index (κ2) is 13.7. The average Bonchev–Trinajstić information content (AvgIpc) is 2.98. The van der Waals surface area contributed by atoms with Crippen molar-refractivity contribution in [2.45, 2.75) is 25.9 Å². The summed E-state index contributed by atoms with van der Waals surface area (Å²) in [5, 5.41) is 0.650. The molecule has 0 aliphatic carbocycles. The van der Waals surface area contributed by atoms with E-state index in [9.17, 15) is 4.79 Å². The van der Waals surface area contributed by atoms with Crippen molar-refractivity contribution in [1.82, 2.24) is 19.7 Å². The molecule has 1 aromatic heterocycles. The lowest BCUT2D eigenvalue weighted by Gasteiger charge is -2.34. The fourth-order valence-electron chi connectivity index (χ4n) is 5.30. The Kier molecular flexibility index (Phi) is 9.65. The number of pyridine rings is 1. The van der Waals surface area contributed by atoms with Gasteiger partial charge in [0.2, 0.25) is 5.91 Å². The number of halogens is 1. The largest absolute Gasteiger partial charge is 0.493 e. The van der Waals surface area contributed by atoms with Gasteiger partial charge in [0.15, 0.2) is 0 Å². The number of carbonyl (C=O) groups excluding carboxylic acids is 1. The molecule has 2 aromatic carbocycles. The van der Waals surface area contributed by atoms with Gasteiger partial charge in [-0.2, -0.15) is 0 Å². The number of ether oxygens (including phenoxy) is 1. The first-order valence-electron chi connectivity index (χ1n) is 13.9. The molecule has 2 fully saturated rings. The van der Waals surface area contributed by atoms with Gasteiger partial charge in [0, 0.05) is 81.8 Å². The van der Waals surface area contributed by atoms with Crippen molar-refractivity contribution in [2.24, 2.45) is 5.92 Å². The van der Waals surface area contributed by atoms with Crippen molar-refractivity contribution in [3.8, 4) is 5.75 Å². The Morgan fingerprint density at radius 1 is 0.923 bits per heavy atom. The zero-order valence-electron chi connectivity index (χ0n) is 22.4. The van der Waals surface area contributed by atoms with E-state index in [4.69, 9.17) is 16.3 Å². The first-order valence-corrected chi connectivity index (χ1v) is 14.3. The van der Waals surface area contributed by atoms with Crippen molar-refractivity contribution in [1.29, 1.82) is 0 Å². The van der Waals surface area contributed by atoms with Crippen molar-refractivity contribution < 1.29 is 9.53 Å². The second-order valence-corrected chi connectivity index (χ2v) is 10.9. The summed E-state index contributed by atoms with van der Waals surface area (Å²) < 4.78 is 6.14. The highest BCUT2D eigenvalue weighted by molar-refractivity contribution is 6.32. The van der Waals surface area contributed by atoms with Gasteiger partial charge in [0.05, 0.1) is 6.61 Å². The van der Waals surface area contributed by atoms with Crippen LogP contribution in [-0.4, -0.2) is 71.5 Å². The van der Waals surface area contributed by atoms with E-state index in [-0.39, 0.29) is 5.91 Å². The molecule has 204 valence electrons. The highest BCUT2D eigenvalue weighted by Crippen LogP contribution is 2.21. The van der Waals surface area contributed by atoms with Crippen LogP contribution in [0.2, 0.25) is 5.02 Å². The molecule has 0 spiro atoms. The summed E-state index contributed by atoms with van der Waals surface area (Å²) in [7, 11) is 0. The van der Waals surface area contributed by atoms with E-state index in [1.165, 1.54) is 11.1 Å². The van der Waals surface area contributed by atoms with Gasteiger partial charge in [-0.3, -0.25) is 19.6 Å². The van der Waals surface area contributed by atoms with E-state index in [1.807, 2.05) is 47.6 Å². The number of piperazine rings is 1. The standard InChI is InChI=1S/C32H37ClN4O2/c33-31-8-2-1-7-29(31)11-14-32(38)37-16-4-6-28(24-37)25-39-30-12-9-26(10-13-30)22-35-17-19-36(20-18-35)23-27-5-3-15-34-21-27/h1-3,5,7-15,21,28H,4,6,16-20,22-25H2/b14-11+. The van der Waals surface area contributed by atoms with Crippen LogP contribution < -0.4 is 4.74 Å². The number of benzene rings is 2. The van der Waals surface area contributed by atoms with Crippen molar-refractivity contribution >= 4 is 23.6 Å². The number of amides is 1. The smallest absolute Gasteiger partial charge is 0.246 e. The molecule has 1 amide bonds. The quantitative estimate of drug-likeness (QED) is 0.338. The molecule has 1 unspecified atom stereocenters. The van der Waals surface area contributed by atoms with Crippen LogP contribution in [0.4, 0.5) is 0 Å². The molecule has 3 aromatic rings.